The summed E-state index contributed by atoms with van der Waals surface area (Å²) in [6, 6.07) is 0. The minimum Gasteiger partial charge on any atom is -0.389 e. The normalized spacial score (nSPS) is 13.2. The molecule has 16 heavy (non-hydrogen) atoms. The van der Waals surface area contributed by atoms with Gasteiger partial charge in [-0.2, -0.15) is 0 Å². The van der Waals surface area contributed by atoms with E-state index in [0.29, 0.717) is 19.3 Å². The molecular weight excluding hydrogens is 200 g/mol. The topological polar surface area (TPSA) is 37.3 Å². The Morgan fingerprint density at radius 2 is 1.88 bits per heavy atom. The molecule has 0 fully saturated rings. The number of hydrogen-bond donors (Lipinski definition) is 1. The highest BCUT2D eigenvalue weighted by molar-refractivity contribution is 5.79. The van der Waals surface area contributed by atoms with E-state index in [1.807, 2.05) is 6.92 Å². The maximum Gasteiger partial charge on any atom is 0.136 e. The fourth-order valence-corrected chi connectivity index (χ4v) is 1.52. The molecule has 0 rings (SSSR count). The van der Waals surface area contributed by atoms with Crippen LogP contribution in [-0.4, -0.2) is 17.0 Å². The molecular formula is C14H26O2. The van der Waals surface area contributed by atoms with E-state index in [4.69, 9.17) is 0 Å². The maximum atomic E-state index is 11.4. The van der Waals surface area contributed by atoms with Gasteiger partial charge < -0.3 is 5.11 Å². The molecule has 0 radical (unpaired) electrons. The van der Waals surface area contributed by atoms with E-state index in [1.54, 1.807) is 12.2 Å². The van der Waals surface area contributed by atoms with Crippen molar-refractivity contribution in [3.63, 3.8) is 0 Å². The van der Waals surface area contributed by atoms with Gasteiger partial charge in [-0.1, -0.05) is 51.7 Å². The molecule has 0 spiro atoms. The van der Waals surface area contributed by atoms with E-state index < -0.39 is 6.10 Å². The molecule has 0 heterocycles. The average Bonchev–Trinajstić information content (AvgIpc) is 2.28. The summed E-state index contributed by atoms with van der Waals surface area (Å²) in [5, 5.41) is 9.25. The Labute approximate surface area is 99.7 Å². The van der Waals surface area contributed by atoms with Crippen LogP contribution in [-0.2, 0) is 4.79 Å². The summed E-state index contributed by atoms with van der Waals surface area (Å²) in [4.78, 5) is 11.4. The molecule has 0 amide bonds. The Kier molecular flexibility index (Phi) is 10.4. The molecule has 94 valence electrons. The highest BCUT2D eigenvalue weighted by Crippen LogP contribution is 2.06. The van der Waals surface area contributed by atoms with Crippen LogP contribution in [0.2, 0.25) is 0 Å². The summed E-state index contributed by atoms with van der Waals surface area (Å²) in [5.41, 5.74) is 0. The first-order chi connectivity index (χ1) is 7.70. The highest BCUT2D eigenvalue weighted by Gasteiger charge is 1.99. The minimum absolute atomic E-state index is 0.288. The van der Waals surface area contributed by atoms with Crippen molar-refractivity contribution in [1.82, 2.24) is 0 Å². The van der Waals surface area contributed by atoms with Gasteiger partial charge in [0, 0.05) is 12.8 Å². The molecule has 0 aromatic heterocycles. The lowest BCUT2D eigenvalue weighted by Gasteiger charge is -2.00. The van der Waals surface area contributed by atoms with Crippen LogP contribution in [0, 0.1) is 0 Å². The first-order valence-corrected chi connectivity index (χ1v) is 6.57. The van der Waals surface area contributed by atoms with Crippen molar-refractivity contribution >= 4 is 5.78 Å². The van der Waals surface area contributed by atoms with Crippen molar-refractivity contribution in [3.8, 4) is 0 Å². The third-order valence-corrected chi connectivity index (χ3v) is 2.68. The predicted octanol–water partition coefficient (Wildman–Crippen LogP) is 3.63. The number of unbranched alkanes of at least 4 members (excludes halogenated alkanes) is 4. The van der Waals surface area contributed by atoms with Crippen LogP contribution in [0.5, 0.6) is 0 Å². The van der Waals surface area contributed by atoms with Crippen LogP contribution in [0.25, 0.3) is 0 Å². The molecule has 0 aliphatic carbocycles. The molecule has 0 aromatic rings. The molecule has 0 aromatic carbocycles. The number of ketones is 1. The van der Waals surface area contributed by atoms with Gasteiger partial charge in [-0.05, 0) is 12.8 Å². The van der Waals surface area contributed by atoms with E-state index >= 15 is 0 Å². The third kappa shape index (κ3) is 9.91. The molecule has 1 atom stereocenters. The summed E-state index contributed by atoms with van der Waals surface area (Å²) in [6.45, 7) is 4.11. The van der Waals surface area contributed by atoms with Crippen molar-refractivity contribution in [2.45, 2.75) is 71.3 Å². The molecule has 1 N–H and O–H groups in total. The molecule has 1 unspecified atom stereocenters. The van der Waals surface area contributed by atoms with E-state index in [1.165, 1.54) is 25.7 Å². The average molecular weight is 226 g/mol. The van der Waals surface area contributed by atoms with Gasteiger partial charge in [0.25, 0.3) is 0 Å². The van der Waals surface area contributed by atoms with Crippen LogP contribution < -0.4 is 0 Å². The number of allylic oxidation sites excluding steroid dienone is 1. The Morgan fingerprint density at radius 1 is 1.19 bits per heavy atom. The lowest BCUT2D eigenvalue weighted by molar-refractivity contribution is -0.118. The van der Waals surface area contributed by atoms with Gasteiger partial charge in [-0.25, -0.2) is 0 Å². The summed E-state index contributed by atoms with van der Waals surface area (Å²) in [6.07, 6.45) is 10.9. The second kappa shape index (κ2) is 10.9. The number of aliphatic hydroxyl groups is 1. The molecule has 2 nitrogen and oxygen atoms in total. The summed E-state index contributed by atoms with van der Waals surface area (Å²) < 4.78 is 0. The Bertz CT molecular complexity index is 197. The number of rotatable bonds is 10. The van der Waals surface area contributed by atoms with E-state index in [-0.39, 0.29) is 5.78 Å². The highest BCUT2D eigenvalue weighted by atomic mass is 16.3. The minimum atomic E-state index is -0.391. The molecule has 0 aliphatic rings. The zero-order valence-corrected chi connectivity index (χ0v) is 10.7. The Hall–Kier alpha value is -0.630. The summed E-state index contributed by atoms with van der Waals surface area (Å²) in [7, 11) is 0. The zero-order valence-electron chi connectivity index (χ0n) is 10.7. The van der Waals surface area contributed by atoms with Crippen molar-refractivity contribution in [3.05, 3.63) is 12.2 Å². The molecule has 0 aliphatic heterocycles. The predicted molar refractivity (Wildman–Crippen MR) is 68.4 cm³/mol. The molecule has 0 bridgehead atoms. The number of hydrogen-bond acceptors (Lipinski definition) is 2. The van der Waals surface area contributed by atoms with Gasteiger partial charge in [-0.15, -0.1) is 0 Å². The van der Waals surface area contributed by atoms with Crippen molar-refractivity contribution < 1.29 is 9.90 Å². The van der Waals surface area contributed by atoms with Gasteiger partial charge in [0.05, 0.1) is 6.10 Å². The van der Waals surface area contributed by atoms with Crippen LogP contribution in [0.4, 0.5) is 0 Å². The SMILES string of the molecule is CCCCCCCC(=O)CC=CC(O)CC. The van der Waals surface area contributed by atoms with E-state index in [9.17, 15) is 9.90 Å². The van der Waals surface area contributed by atoms with Gasteiger partial charge in [0.15, 0.2) is 0 Å². The van der Waals surface area contributed by atoms with Crippen molar-refractivity contribution in [2.75, 3.05) is 0 Å². The molecule has 2 heteroatoms. The summed E-state index contributed by atoms with van der Waals surface area (Å²) in [5.74, 6) is 0.288. The number of aliphatic hydroxyl groups excluding tert-OH is 1. The maximum absolute atomic E-state index is 11.4. The number of carbonyl (C=O) groups is 1. The van der Waals surface area contributed by atoms with Gasteiger partial charge in [0.2, 0.25) is 0 Å². The number of Topliss-reactive ketones (excluding diaryl/α,β-unsaturated/α-hetero) is 1. The van der Waals surface area contributed by atoms with Crippen molar-refractivity contribution in [2.24, 2.45) is 0 Å². The first kappa shape index (κ1) is 15.4. The van der Waals surface area contributed by atoms with Crippen molar-refractivity contribution in [1.29, 1.82) is 0 Å². The van der Waals surface area contributed by atoms with Crippen LogP contribution >= 0.6 is 0 Å². The molecule has 0 saturated heterocycles. The Balaban J connectivity index is 3.41. The lowest BCUT2D eigenvalue weighted by atomic mass is 10.1. The second-order valence-corrected chi connectivity index (χ2v) is 4.31. The van der Waals surface area contributed by atoms with Gasteiger partial charge in [0.1, 0.15) is 5.78 Å². The lowest BCUT2D eigenvalue weighted by Crippen LogP contribution is -2.00. The van der Waals surface area contributed by atoms with E-state index in [2.05, 4.69) is 6.92 Å². The third-order valence-electron chi connectivity index (χ3n) is 2.68. The second-order valence-electron chi connectivity index (χ2n) is 4.31. The first-order valence-electron chi connectivity index (χ1n) is 6.57. The van der Waals surface area contributed by atoms with Gasteiger partial charge in [-0.3, -0.25) is 4.79 Å². The standard InChI is InChI=1S/C14H26O2/c1-3-5-6-7-8-10-14(16)12-9-11-13(15)4-2/h9,11,13,15H,3-8,10,12H2,1-2H3. The zero-order chi connectivity index (χ0) is 12.2. The fourth-order valence-electron chi connectivity index (χ4n) is 1.52. The smallest absolute Gasteiger partial charge is 0.136 e. The number of carbonyl (C=O) groups excluding carboxylic acids is 1. The van der Waals surface area contributed by atoms with Crippen LogP contribution in [0.15, 0.2) is 12.2 Å². The van der Waals surface area contributed by atoms with Crippen LogP contribution in [0.1, 0.15) is 65.2 Å². The van der Waals surface area contributed by atoms with Gasteiger partial charge >= 0.3 is 0 Å². The quantitative estimate of drug-likeness (QED) is 0.456. The largest absolute Gasteiger partial charge is 0.389 e. The fraction of sp³-hybridized carbons (Fsp3) is 0.786. The van der Waals surface area contributed by atoms with E-state index in [0.717, 1.165) is 6.42 Å². The monoisotopic (exact) mass is 226 g/mol. The summed E-state index contributed by atoms with van der Waals surface area (Å²) >= 11 is 0. The van der Waals surface area contributed by atoms with Crippen LogP contribution in [0.3, 0.4) is 0 Å². The molecule has 0 saturated carbocycles. The Morgan fingerprint density at radius 3 is 2.50 bits per heavy atom.